The fourth-order valence-electron chi connectivity index (χ4n) is 2.56. The summed E-state index contributed by atoms with van der Waals surface area (Å²) in [5, 5.41) is 22.8. The van der Waals surface area contributed by atoms with Crippen LogP contribution in [0, 0.1) is 11.8 Å². The summed E-state index contributed by atoms with van der Waals surface area (Å²) in [6.45, 7) is 4.36. The number of aliphatic hydroxyl groups excluding tert-OH is 1. The second-order valence-corrected chi connectivity index (χ2v) is 5.01. The van der Waals surface area contributed by atoms with Crippen molar-refractivity contribution >= 4 is 5.97 Å². The molecule has 0 amide bonds. The highest BCUT2D eigenvalue weighted by molar-refractivity contribution is 5.70. The number of aliphatic carboxylic acids is 1. The minimum Gasteiger partial charge on any atom is -0.481 e. The molecule has 0 aromatic heterocycles. The molecule has 0 bridgehead atoms. The third kappa shape index (κ3) is 4.09. The van der Waals surface area contributed by atoms with Crippen LogP contribution in [0.2, 0.25) is 0 Å². The Morgan fingerprint density at radius 3 is 2.79 bits per heavy atom. The Labute approximate surface area is 112 Å². The first-order valence-electron chi connectivity index (χ1n) is 6.57. The number of carboxylic acids is 1. The van der Waals surface area contributed by atoms with Crippen molar-refractivity contribution < 1.29 is 19.7 Å². The molecular formula is C12H21N3O4. The van der Waals surface area contributed by atoms with E-state index in [1.54, 1.807) is 0 Å². The summed E-state index contributed by atoms with van der Waals surface area (Å²) in [5.41, 5.74) is 8.50. The fourth-order valence-corrected chi connectivity index (χ4v) is 2.56. The van der Waals surface area contributed by atoms with Gasteiger partial charge in [-0.05, 0) is 31.7 Å². The quantitative estimate of drug-likeness (QED) is 0.436. The number of hydrogen-bond donors (Lipinski definition) is 2. The highest BCUT2D eigenvalue weighted by Gasteiger charge is 2.41. The number of hydrogen-bond acceptors (Lipinski definition) is 4. The summed E-state index contributed by atoms with van der Waals surface area (Å²) in [6.07, 6.45) is 0.276. The standard InChI is InChI=1S/C12H21N3O4/c1-3-4-19-7(2)9-5-8(12(17)18)6-10(11(9)16)14-15-13/h7-11,16H,3-6H2,1-2H3,(H,17,18)/t7?,8?,9-,10+,11-/m1/s1. The van der Waals surface area contributed by atoms with E-state index in [1.165, 1.54) is 0 Å². The number of carboxylic acid groups (broad SMARTS) is 1. The average molecular weight is 271 g/mol. The van der Waals surface area contributed by atoms with Gasteiger partial charge in [0.15, 0.2) is 0 Å². The smallest absolute Gasteiger partial charge is 0.306 e. The van der Waals surface area contributed by atoms with Gasteiger partial charge in [0.05, 0.1) is 24.2 Å². The molecule has 7 nitrogen and oxygen atoms in total. The molecule has 5 atom stereocenters. The van der Waals surface area contributed by atoms with Crippen LogP contribution in [0.5, 0.6) is 0 Å². The molecule has 2 unspecified atom stereocenters. The Hall–Kier alpha value is -1.30. The van der Waals surface area contributed by atoms with Crippen LogP contribution in [0.1, 0.15) is 33.1 Å². The highest BCUT2D eigenvalue weighted by atomic mass is 16.5. The van der Waals surface area contributed by atoms with E-state index in [0.29, 0.717) is 13.0 Å². The third-order valence-electron chi connectivity index (χ3n) is 3.65. The molecule has 1 aliphatic rings. The van der Waals surface area contributed by atoms with E-state index in [2.05, 4.69) is 10.0 Å². The molecule has 1 aliphatic carbocycles. The van der Waals surface area contributed by atoms with Crippen LogP contribution >= 0.6 is 0 Å². The van der Waals surface area contributed by atoms with Crippen LogP contribution in [-0.4, -0.2) is 41.0 Å². The first-order chi connectivity index (χ1) is 9.01. The number of ether oxygens (including phenoxy) is 1. The largest absolute Gasteiger partial charge is 0.481 e. The zero-order valence-corrected chi connectivity index (χ0v) is 11.3. The van der Waals surface area contributed by atoms with Crippen LogP contribution in [0.15, 0.2) is 5.11 Å². The van der Waals surface area contributed by atoms with Crippen molar-refractivity contribution in [3.05, 3.63) is 10.4 Å². The number of aliphatic hydroxyl groups is 1. The summed E-state index contributed by atoms with van der Waals surface area (Å²) in [6, 6.07) is -0.697. The van der Waals surface area contributed by atoms with Crippen molar-refractivity contribution in [3.8, 4) is 0 Å². The molecule has 0 radical (unpaired) electrons. The van der Waals surface area contributed by atoms with Crippen molar-refractivity contribution in [2.24, 2.45) is 17.0 Å². The summed E-state index contributed by atoms with van der Waals surface area (Å²) in [7, 11) is 0. The highest BCUT2D eigenvalue weighted by Crippen LogP contribution is 2.34. The number of nitrogens with zero attached hydrogens (tertiary/aromatic N) is 3. The third-order valence-corrected chi connectivity index (χ3v) is 3.65. The lowest BCUT2D eigenvalue weighted by atomic mass is 9.74. The van der Waals surface area contributed by atoms with Crippen LogP contribution < -0.4 is 0 Å². The van der Waals surface area contributed by atoms with E-state index >= 15 is 0 Å². The lowest BCUT2D eigenvalue weighted by Crippen LogP contribution is -2.46. The summed E-state index contributed by atoms with van der Waals surface area (Å²) >= 11 is 0. The topological polar surface area (TPSA) is 116 Å². The van der Waals surface area contributed by atoms with E-state index in [4.69, 9.17) is 15.4 Å². The Morgan fingerprint density at radius 1 is 1.58 bits per heavy atom. The summed E-state index contributed by atoms with van der Waals surface area (Å²) in [5.74, 6) is -1.84. The molecule has 0 saturated heterocycles. The average Bonchev–Trinajstić information content (AvgIpc) is 2.38. The minimum atomic E-state index is -0.919. The lowest BCUT2D eigenvalue weighted by Gasteiger charge is -2.38. The zero-order valence-electron chi connectivity index (χ0n) is 11.3. The van der Waals surface area contributed by atoms with Crippen LogP contribution in [0.3, 0.4) is 0 Å². The molecular weight excluding hydrogens is 250 g/mol. The lowest BCUT2D eigenvalue weighted by molar-refractivity contribution is -0.147. The second kappa shape index (κ2) is 7.33. The van der Waals surface area contributed by atoms with Gasteiger partial charge in [-0.1, -0.05) is 12.0 Å². The normalized spacial score (nSPS) is 32.4. The Bertz CT molecular complexity index is 357. The predicted octanol–water partition coefficient (Wildman–Crippen LogP) is 1.95. The van der Waals surface area contributed by atoms with Crippen molar-refractivity contribution in [2.75, 3.05) is 6.61 Å². The Morgan fingerprint density at radius 2 is 2.26 bits per heavy atom. The van der Waals surface area contributed by atoms with Gasteiger partial charge < -0.3 is 14.9 Å². The van der Waals surface area contributed by atoms with Crippen molar-refractivity contribution in [1.29, 1.82) is 0 Å². The first-order valence-corrected chi connectivity index (χ1v) is 6.57. The van der Waals surface area contributed by atoms with Gasteiger partial charge in [0.25, 0.3) is 0 Å². The first kappa shape index (κ1) is 15.8. The molecule has 108 valence electrons. The van der Waals surface area contributed by atoms with Gasteiger partial charge in [0.2, 0.25) is 0 Å². The molecule has 0 aromatic carbocycles. The van der Waals surface area contributed by atoms with E-state index in [1.807, 2.05) is 13.8 Å². The Kier molecular flexibility index (Phi) is 6.08. The molecule has 7 heteroatoms. The maximum absolute atomic E-state index is 11.1. The van der Waals surface area contributed by atoms with E-state index < -0.39 is 24.0 Å². The van der Waals surface area contributed by atoms with E-state index in [0.717, 1.165) is 6.42 Å². The van der Waals surface area contributed by atoms with Gasteiger partial charge in [0, 0.05) is 17.4 Å². The molecule has 0 aromatic rings. The van der Waals surface area contributed by atoms with Gasteiger partial charge in [-0.15, -0.1) is 0 Å². The van der Waals surface area contributed by atoms with Crippen LogP contribution in [-0.2, 0) is 9.53 Å². The summed E-state index contributed by atoms with van der Waals surface area (Å²) < 4.78 is 5.57. The molecule has 0 spiro atoms. The molecule has 19 heavy (non-hydrogen) atoms. The van der Waals surface area contributed by atoms with Crippen molar-refractivity contribution in [1.82, 2.24) is 0 Å². The minimum absolute atomic E-state index is 0.178. The fraction of sp³-hybridized carbons (Fsp3) is 0.917. The number of azide groups is 1. The molecule has 1 saturated carbocycles. The van der Waals surface area contributed by atoms with Gasteiger partial charge >= 0.3 is 5.97 Å². The van der Waals surface area contributed by atoms with Gasteiger partial charge in [-0.2, -0.15) is 0 Å². The van der Waals surface area contributed by atoms with E-state index in [-0.39, 0.29) is 18.4 Å². The van der Waals surface area contributed by atoms with Gasteiger partial charge in [-0.25, -0.2) is 0 Å². The van der Waals surface area contributed by atoms with Crippen LogP contribution in [0.25, 0.3) is 10.4 Å². The number of rotatable bonds is 6. The Balaban J connectivity index is 2.81. The van der Waals surface area contributed by atoms with Gasteiger partial charge in [-0.3, -0.25) is 4.79 Å². The SMILES string of the molecule is CCCOC(C)[C@H]1CC(C(=O)O)C[C@H](N=[N+]=[N-])[C@@H]1O. The van der Waals surface area contributed by atoms with E-state index in [9.17, 15) is 9.90 Å². The van der Waals surface area contributed by atoms with Crippen LogP contribution in [0.4, 0.5) is 0 Å². The molecule has 0 aliphatic heterocycles. The van der Waals surface area contributed by atoms with Gasteiger partial charge in [0.1, 0.15) is 0 Å². The predicted molar refractivity (Wildman–Crippen MR) is 68.5 cm³/mol. The monoisotopic (exact) mass is 271 g/mol. The zero-order chi connectivity index (χ0) is 14.4. The summed E-state index contributed by atoms with van der Waals surface area (Å²) in [4.78, 5) is 13.8. The molecule has 1 rings (SSSR count). The van der Waals surface area contributed by atoms with Crippen molar-refractivity contribution in [3.63, 3.8) is 0 Å². The number of carbonyl (C=O) groups is 1. The molecule has 2 N–H and O–H groups in total. The molecule has 1 fully saturated rings. The van der Waals surface area contributed by atoms with Crippen molar-refractivity contribution in [2.45, 2.75) is 51.4 Å². The molecule has 0 heterocycles. The maximum Gasteiger partial charge on any atom is 0.306 e. The maximum atomic E-state index is 11.1. The second-order valence-electron chi connectivity index (χ2n) is 5.01.